The van der Waals surface area contributed by atoms with Gasteiger partial charge in [-0.2, -0.15) is 0 Å². The highest BCUT2D eigenvalue weighted by Gasteiger charge is 2.08. The van der Waals surface area contributed by atoms with E-state index in [4.69, 9.17) is 5.11 Å². The molecular weight excluding hydrogens is 782 g/mol. The van der Waals surface area contributed by atoms with Crippen LogP contribution >= 0.6 is 81.8 Å². The van der Waals surface area contributed by atoms with Crippen molar-refractivity contribution in [3.63, 3.8) is 0 Å². The van der Waals surface area contributed by atoms with Crippen molar-refractivity contribution in [3.05, 3.63) is 116 Å². The summed E-state index contributed by atoms with van der Waals surface area (Å²) in [6.07, 6.45) is 5.25. The van der Waals surface area contributed by atoms with Crippen molar-refractivity contribution in [2.45, 2.75) is 13.4 Å². The van der Waals surface area contributed by atoms with E-state index in [2.05, 4.69) is 57.8 Å². The monoisotopic (exact) mass is 797 g/mol. The van der Waals surface area contributed by atoms with Gasteiger partial charge in [0.1, 0.15) is 13.4 Å². The van der Waals surface area contributed by atoms with Crippen LogP contribution in [0.25, 0.3) is 30.6 Å². The Labute approximate surface area is 268 Å². The molecule has 0 spiro atoms. The predicted octanol–water partition coefficient (Wildman–Crippen LogP) is 6.66. The lowest BCUT2D eigenvalue weighted by Crippen LogP contribution is -2.17. The molecule has 7 rings (SSSR count). The number of imidazole rings is 1. The maximum atomic E-state index is 11.9. The number of hydrogen-bond acceptors (Lipinski definition) is 8. The molecule has 4 aromatic heterocycles. The number of aromatic amines is 1. The van der Waals surface area contributed by atoms with Crippen molar-refractivity contribution in [1.82, 2.24) is 23.7 Å². The van der Waals surface area contributed by atoms with Crippen LogP contribution in [0.5, 0.6) is 0 Å². The number of benzene rings is 3. The van der Waals surface area contributed by atoms with E-state index in [1.807, 2.05) is 65.4 Å². The number of aliphatic hydroxyl groups excluding tert-OH is 1. The summed E-state index contributed by atoms with van der Waals surface area (Å²) in [5.41, 5.74) is 2.64. The SMILES string of the molecule is O=c1[nH]c2ccc(Br)cc2s1.O=c1sc2cc(Br)ccc2n1CO.O=c1sc2cc(Br)ccc2n1Cn1ccnc1. The number of nitrogens with one attached hydrogen (secondary N) is 1. The summed E-state index contributed by atoms with van der Waals surface area (Å²) in [6.45, 7) is 0.237. The molecule has 210 valence electrons. The largest absolute Gasteiger partial charge is 0.376 e. The average Bonchev–Trinajstić information content (AvgIpc) is 3.70. The molecule has 0 aliphatic rings. The van der Waals surface area contributed by atoms with Gasteiger partial charge in [-0.05, 0) is 54.6 Å². The van der Waals surface area contributed by atoms with Gasteiger partial charge in [-0.25, -0.2) is 4.98 Å². The summed E-state index contributed by atoms with van der Waals surface area (Å²) >= 11 is 13.7. The van der Waals surface area contributed by atoms with Crippen LogP contribution in [0, 0.1) is 0 Å². The van der Waals surface area contributed by atoms with Crippen LogP contribution < -0.4 is 14.6 Å². The molecule has 0 unspecified atom stereocenters. The molecule has 0 saturated heterocycles. The zero-order valence-electron chi connectivity index (χ0n) is 20.7. The van der Waals surface area contributed by atoms with Crippen molar-refractivity contribution in [1.29, 1.82) is 0 Å². The van der Waals surface area contributed by atoms with Crippen molar-refractivity contribution in [3.8, 4) is 0 Å². The fourth-order valence-electron chi connectivity index (χ4n) is 3.80. The maximum absolute atomic E-state index is 11.9. The summed E-state index contributed by atoms with van der Waals surface area (Å²) in [6, 6.07) is 17.1. The standard InChI is InChI=1S/C11H8BrN3OS.C8H6BrNO2S.C7H4BrNOS/c12-8-1-2-9-10(5-8)17-11(16)15(9)7-14-4-3-13-6-14;9-5-1-2-6-7(3-5)13-8(12)10(6)4-11;8-4-1-2-5-6(3-4)11-7(10)9-5/h1-6H,7H2;1-3,11H,4H2;1-3H,(H,9,10). The average molecular weight is 800 g/mol. The molecule has 0 aliphatic heterocycles. The fraction of sp³-hybridized carbons (Fsp3) is 0.0769. The molecule has 3 aromatic carbocycles. The van der Waals surface area contributed by atoms with Crippen molar-refractivity contribution in [2.24, 2.45) is 0 Å². The van der Waals surface area contributed by atoms with Crippen LogP contribution in [0.1, 0.15) is 0 Å². The molecule has 0 amide bonds. The van der Waals surface area contributed by atoms with Gasteiger partial charge in [0, 0.05) is 25.8 Å². The first-order chi connectivity index (χ1) is 19.7. The molecule has 0 atom stereocenters. The smallest absolute Gasteiger partial charge is 0.310 e. The lowest BCUT2D eigenvalue weighted by molar-refractivity contribution is 0.213. The van der Waals surface area contributed by atoms with E-state index in [9.17, 15) is 14.4 Å². The number of nitrogens with zero attached hydrogens (tertiary/aromatic N) is 4. The highest BCUT2D eigenvalue weighted by atomic mass is 79.9. The molecule has 2 N–H and O–H groups in total. The molecule has 0 bridgehead atoms. The molecule has 0 radical (unpaired) electrons. The second-order valence-corrected chi connectivity index (χ2v) is 14.1. The van der Waals surface area contributed by atoms with E-state index >= 15 is 0 Å². The second-order valence-electron chi connectivity index (χ2n) is 8.33. The Hall–Kier alpha value is -2.66. The number of fused-ring (bicyclic) bond motifs is 3. The molecular formula is C26H18Br3N5O4S3. The van der Waals surface area contributed by atoms with Crippen LogP contribution in [0.15, 0.2) is 101 Å². The Balaban J connectivity index is 0.000000127. The van der Waals surface area contributed by atoms with Crippen molar-refractivity contribution < 1.29 is 5.11 Å². The van der Waals surface area contributed by atoms with Gasteiger partial charge in [0.25, 0.3) is 0 Å². The van der Waals surface area contributed by atoms with Crippen molar-refractivity contribution >= 4 is 112 Å². The van der Waals surface area contributed by atoms with Gasteiger partial charge < -0.3 is 14.7 Å². The fourth-order valence-corrected chi connectivity index (χ4v) is 7.96. The van der Waals surface area contributed by atoms with Crippen LogP contribution in [-0.4, -0.2) is 28.8 Å². The van der Waals surface area contributed by atoms with E-state index in [0.717, 1.165) is 55.4 Å². The lowest BCUT2D eigenvalue weighted by Gasteiger charge is -2.04. The van der Waals surface area contributed by atoms with E-state index in [0.29, 0.717) is 6.67 Å². The van der Waals surface area contributed by atoms with Crippen LogP contribution in [0.2, 0.25) is 0 Å². The first kappa shape index (κ1) is 29.8. The van der Waals surface area contributed by atoms with Gasteiger partial charge in [-0.15, -0.1) is 0 Å². The number of thiazole rings is 3. The van der Waals surface area contributed by atoms with E-state index < -0.39 is 0 Å². The Kier molecular flexibility index (Phi) is 9.53. The molecule has 0 aliphatic carbocycles. The highest BCUT2D eigenvalue weighted by molar-refractivity contribution is 9.11. The van der Waals surface area contributed by atoms with Crippen LogP contribution in [0.3, 0.4) is 0 Å². The number of hydrogen-bond donors (Lipinski definition) is 2. The van der Waals surface area contributed by atoms with Gasteiger partial charge in [0.15, 0.2) is 0 Å². The molecule has 9 nitrogen and oxygen atoms in total. The Morgan fingerprint density at radius 3 is 1.90 bits per heavy atom. The van der Waals surface area contributed by atoms with Gasteiger partial charge in [-0.3, -0.25) is 23.5 Å². The Morgan fingerprint density at radius 1 is 0.756 bits per heavy atom. The summed E-state index contributed by atoms with van der Waals surface area (Å²) < 4.78 is 10.7. The van der Waals surface area contributed by atoms with Gasteiger partial charge in [-0.1, -0.05) is 81.8 Å². The minimum atomic E-state index is -0.263. The number of H-pyrrole nitrogens is 1. The van der Waals surface area contributed by atoms with Crippen molar-refractivity contribution in [2.75, 3.05) is 0 Å². The van der Waals surface area contributed by atoms with Gasteiger partial charge in [0.05, 0.1) is 37.0 Å². The first-order valence-electron chi connectivity index (χ1n) is 11.6. The van der Waals surface area contributed by atoms with E-state index in [1.165, 1.54) is 27.2 Å². The van der Waals surface area contributed by atoms with Crippen LogP contribution in [-0.2, 0) is 13.4 Å². The second kappa shape index (κ2) is 13.1. The topological polar surface area (TPSA) is 115 Å². The first-order valence-corrected chi connectivity index (χ1v) is 16.5. The zero-order chi connectivity index (χ0) is 29.1. The minimum absolute atomic E-state index is 0.00176. The summed E-state index contributed by atoms with van der Waals surface area (Å²) in [5, 5.41) is 8.93. The molecule has 15 heteroatoms. The number of aliphatic hydroxyl groups is 1. The number of aromatic nitrogens is 5. The molecule has 41 heavy (non-hydrogen) atoms. The zero-order valence-corrected chi connectivity index (χ0v) is 27.9. The van der Waals surface area contributed by atoms with Gasteiger partial charge in [0.2, 0.25) is 0 Å². The molecule has 0 saturated carbocycles. The van der Waals surface area contributed by atoms with E-state index in [-0.39, 0.29) is 21.3 Å². The normalized spacial score (nSPS) is 10.9. The summed E-state index contributed by atoms with van der Waals surface area (Å²) in [5.74, 6) is 0. The number of halogens is 3. The molecule has 0 fully saturated rings. The molecule has 4 heterocycles. The third-order valence-electron chi connectivity index (χ3n) is 5.65. The minimum Gasteiger partial charge on any atom is -0.376 e. The third kappa shape index (κ3) is 7.05. The molecule has 7 aromatic rings. The highest BCUT2D eigenvalue weighted by Crippen LogP contribution is 2.23. The summed E-state index contributed by atoms with van der Waals surface area (Å²) in [4.78, 5) is 40.7. The predicted molar refractivity (Wildman–Crippen MR) is 178 cm³/mol. The Morgan fingerprint density at radius 2 is 1.32 bits per heavy atom. The lowest BCUT2D eigenvalue weighted by atomic mass is 10.3. The van der Waals surface area contributed by atoms with Gasteiger partial charge >= 0.3 is 14.6 Å². The Bertz CT molecular complexity index is 2140. The maximum Gasteiger partial charge on any atom is 0.310 e. The van der Waals surface area contributed by atoms with Crippen LogP contribution in [0.4, 0.5) is 0 Å². The number of rotatable bonds is 3. The summed E-state index contributed by atoms with van der Waals surface area (Å²) in [7, 11) is 0. The quantitative estimate of drug-likeness (QED) is 0.208. The third-order valence-corrected chi connectivity index (χ3v) is 9.86. The van der Waals surface area contributed by atoms with E-state index in [1.54, 1.807) is 17.1 Å².